The fraction of sp³-hybridized carbons (Fsp3) is 0.188. The Balaban J connectivity index is 1.99. The van der Waals surface area contributed by atoms with Crippen LogP contribution >= 0.6 is 22.9 Å². The quantitative estimate of drug-likeness (QED) is 0.717. The van der Waals surface area contributed by atoms with Crippen molar-refractivity contribution in [3.05, 3.63) is 50.3 Å². The van der Waals surface area contributed by atoms with Crippen molar-refractivity contribution in [1.29, 1.82) is 0 Å². The average molecular weight is 365 g/mol. The lowest BCUT2D eigenvalue weighted by Gasteiger charge is -2.10. The van der Waals surface area contributed by atoms with E-state index in [0.717, 1.165) is 0 Å². The minimum absolute atomic E-state index is 0.104. The van der Waals surface area contributed by atoms with Crippen LogP contribution < -0.4 is 15.7 Å². The molecule has 1 N–H and O–H groups in total. The highest BCUT2D eigenvalue weighted by Gasteiger charge is 2.17. The average Bonchev–Trinajstić information content (AvgIpc) is 3.04. The van der Waals surface area contributed by atoms with Crippen molar-refractivity contribution in [2.24, 2.45) is 0 Å². The van der Waals surface area contributed by atoms with Crippen LogP contribution in [0.25, 0.3) is 11.0 Å². The standard InChI is InChI=1S/C16H13ClN2O4S/c1-8-9-5-11(17)13(22-2)7-12(9)23-15(21)10(8)6-14(20)19-16-18-3-4-24-16/h3-5,7H,6H2,1-2H3,(H,18,19,20). The van der Waals surface area contributed by atoms with Gasteiger partial charge in [-0.25, -0.2) is 9.78 Å². The van der Waals surface area contributed by atoms with Crippen molar-refractivity contribution in [1.82, 2.24) is 4.98 Å². The number of aromatic nitrogens is 1. The second kappa shape index (κ2) is 6.62. The largest absolute Gasteiger partial charge is 0.495 e. The number of thiazole rings is 1. The number of carbonyl (C=O) groups is 1. The van der Waals surface area contributed by atoms with Crippen LogP contribution in [0.15, 0.2) is 32.9 Å². The molecule has 24 heavy (non-hydrogen) atoms. The number of anilines is 1. The van der Waals surface area contributed by atoms with E-state index in [0.29, 0.717) is 32.4 Å². The van der Waals surface area contributed by atoms with Gasteiger partial charge in [-0.15, -0.1) is 11.3 Å². The summed E-state index contributed by atoms with van der Waals surface area (Å²) in [5.74, 6) is 0.0836. The normalized spacial score (nSPS) is 10.8. The van der Waals surface area contributed by atoms with E-state index in [2.05, 4.69) is 10.3 Å². The molecule has 1 amide bonds. The lowest BCUT2D eigenvalue weighted by atomic mass is 10.0. The number of rotatable bonds is 4. The maximum atomic E-state index is 12.2. The van der Waals surface area contributed by atoms with Crippen LogP contribution in [0.1, 0.15) is 11.1 Å². The molecular formula is C16H13ClN2O4S. The van der Waals surface area contributed by atoms with Gasteiger partial charge in [0.05, 0.1) is 24.1 Å². The van der Waals surface area contributed by atoms with Crippen LogP contribution in [0.3, 0.4) is 0 Å². The zero-order chi connectivity index (χ0) is 17.3. The van der Waals surface area contributed by atoms with Crippen LogP contribution in [0.2, 0.25) is 5.02 Å². The SMILES string of the molecule is COc1cc2oc(=O)c(CC(=O)Nc3nccs3)c(C)c2cc1Cl. The van der Waals surface area contributed by atoms with Crippen LogP contribution in [-0.2, 0) is 11.2 Å². The van der Waals surface area contributed by atoms with E-state index in [1.807, 2.05) is 0 Å². The summed E-state index contributed by atoms with van der Waals surface area (Å²) in [5, 5.41) is 5.94. The summed E-state index contributed by atoms with van der Waals surface area (Å²) >= 11 is 7.44. The zero-order valence-electron chi connectivity index (χ0n) is 12.9. The molecule has 0 radical (unpaired) electrons. The van der Waals surface area contributed by atoms with E-state index in [9.17, 15) is 9.59 Å². The second-order valence-corrected chi connectivity index (χ2v) is 6.34. The first kappa shape index (κ1) is 16.5. The van der Waals surface area contributed by atoms with E-state index in [1.165, 1.54) is 18.4 Å². The van der Waals surface area contributed by atoms with Crippen molar-refractivity contribution in [3.8, 4) is 5.75 Å². The topological polar surface area (TPSA) is 81.4 Å². The molecule has 124 valence electrons. The Labute approximate surface area is 146 Å². The van der Waals surface area contributed by atoms with Crippen molar-refractivity contribution in [2.75, 3.05) is 12.4 Å². The third-order valence-electron chi connectivity index (χ3n) is 3.58. The maximum absolute atomic E-state index is 12.2. The van der Waals surface area contributed by atoms with Gasteiger partial charge in [0.15, 0.2) is 5.13 Å². The van der Waals surface area contributed by atoms with Gasteiger partial charge in [0.25, 0.3) is 0 Å². The molecule has 3 aromatic rings. The van der Waals surface area contributed by atoms with Crippen molar-refractivity contribution >= 4 is 44.9 Å². The molecule has 8 heteroatoms. The predicted molar refractivity (Wildman–Crippen MR) is 93.2 cm³/mol. The first-order chi connectivity index (χ1) is 11.5. The Kier molecular flexibility index (Phi) is 4.55. The molecule has 0 saturated heterocycles. The molecule has 0 unspecified atom stereocenters. The molecule has 0 aliphatic rings. The van der Waals surface area contributed by atoms with Gasteiger partial charge in [-0.3, -0.25) is 4.79 Å². The minimum atomic E-state index is -0.557. The minimum Gasteiger partial charge on any atom is -0.495 e. The van der Waals surface area contributed by atoms with E-state index >= 15 is 0 Å². The molecule has 0 atom stereocenters. The van der Waals surface area contributed by atoms with Gasteiger partial charge in [-0.1, -0.05) is 11.6 Å². The van der Waals surface area contributed by atoms with Gasteiger partial charge >= 0.3 is 5.63 Å². The molecule has 0 bridgehead atoms. The maximum Gasteiger partial charge on any atom is 0.340 e. The van der Waals surface area contributed by atoms with E-state index < -0.39 is 5.63 Å². The number of carbonyl (C=O) groups excluding carboxylic acids is 1. The monoisotopic (exact) mass is 364 g/mol. The number of nitrogens with zero attached hydrogens (tertiary/aromatic N) is 1. The summed E-state index contributed by atoms with van der Waals surface area (Å²) in [5.41, 5.74) is 0.749. The molecule has 6 nitrogen and oxygen atoms in total. The van der Waals surface area contributed by atoms with Gasteiger partial charge in [0, 0.05) is 23.0 Å². The number of hydrogen-bond acceptors (Lipinski definition) is 6. The summed E-state index contributed by atoms with van der Waals surface area (Å²) in [6.45, 7) is 1.76. The lowest BCUT2D eigenvalue weighted by Crippen LogP contribution is -2.20. The Morgan fingerprint density at radius 2 is 2.25 bits per heavy atom. The number of fused-ring (bicyclic) bond motifs is 1. The Bertz CT molecular complexity index is 966. The summed E-state index contributed by atoms with van der Waals surface area (Å²) in [6.07, 6.45) is 1.48. The van der Waals surface area contributed by atoms with Crippen molar-refractivity contribution in [2.45, 2.75) is 13.3 Å². The van der Waals surface area contributed by atoms with Gasteiger partial charge in [0.2, 0.25) is 5.91 Å². The van der Waals surface area contributed by atoms with Crippen LogP contribution in [-0.4, -0.2) is 18.0 Å². The Morgan fingerprint density at radius 1 is 1.46 bits per heavy atom. The molecule has 2 aromatic heterocycles. The number of benzene rings is 1. The van der Waals surface area contributed by atoms with E-state index in [4.69, 9.17) is 20.8 Å². The highest BCUT2D eigenvalue weighted by atomic mass is 35.5. The molecule has 3 rings (SSSR count). The first-order valence-corrected chi connectivity index (χ1v) is 8.24. The number of halogens is 1. The Morgan fingerprint density at radius 3 is 2.92 bits per heavy atom. The molecule has 1 aromatic carbocycles. The number of methoxy groups -OCH3 is 1. The van der Waals surface area contributed by atoms with Crippen molar-refractivity contribution < 1.29 is 13.9 Å². The third-order valence-corrected chi connectivity index (χ3v) is 4.56. The molecule has 0 aliphatic carbocycles. The number of nitrogens with one attached hydrogen (secondary N) is 1. The highest BCUT2D eigenvalue weighted by Crippen LogP contribution is 2.31. The smallest absolute Gasteiger partial charge is 0.340 e. The lowest BCUT2D eigenvalue weighted by molar-refractivity contribution is -0.115. The molecule has 2 heterocycles. The van der Waals surface area contributed by atoms with Gasteiger partial charge in [-0.05, 0) is 18.6 Å². The van der Waals surface area contributed by atoms with Crippen LogP contribution in [0, 0.1) is 6.92 Å². The molecule has 0 spiro atoms. The fourth-order valence-corrected chi connectivity index (χ4v) is 3.15. The molecule has 0 fully saturated rings. The van der Waals surface area contributed by atoms with Gasteiger partial charge < -0.3 is 14.5 Å². The summed E-state index contributed by atoms with van der Waals surface area (Å²) in [6, 6.07) is 3.22. The first-order valence-electron chi connectivity index (χ1n) is 6.98. The summed E-state index contributed by atoms with van der Waals surface area (Å²) < 4.78 is 10.4. The molecule has 0 aliphatic heterocycles. The van der Waals surface area contributed by atoms with E-state index in [-0.39, 0.29) is 17.9 Å². The van der Waals surface area contributed by atoms with Gasteiger partial charge in [-0.2, -0.15) is 0 Å². The summed E-state index contributed by atoms with van der Waals surface area (Å²) in [4.78, 5) is 28.3. The second-order valence-electron chi connectivity index (χ2n) is 5.04. The third kappa shape index (κ3) is 3.13. The molecule has 0 saturated carbocycles. The summed E-state index contributed by atoms with van der Waals surface area (Å²) in [7, 11) is 1.48. The van der Waals surface area contributed by atoms with Crippen LogP contribution in [0.4, 0.5) is 5.13 Å². The van der Waals surface area contributed by atoms with Crippen LogP contribution in [0.5, 0.6) is 5.75 Å². The number of aryl methyl sites for hydroxylation is 1. The number of ether oxygens (including phenoxy) is 1. The molecular weight excluding hydrogens is 352 g/mol. The van der Waals surface area contributed by atoms with Crippen molar-refractivity contribution in [3.63, 3.8) is 0 Å². The number of hydrogen-bond donors (Lipinski definition) is 1. The fourth-order valence-electron chi connectivity index (χ4n) is 2.36. The zero-order valence-corrected chi connectivity index (χ0v) is 14.5. The highest BCUT2D eigenvalue weighted by molar-refractivity contribution is 7.13. The number of amides is 1. The predicted octanol–water partition coefficient (Wildman–Crippen LogP) is 3.40. The van der Waals surface area contributed by atoms with Gasteiger partial charge in [0.1, 0.15) is 11.3 Å². The Hall–Kier alpha value is -2.38. The van der Waals surface area contributed by atoms with E-state index in [1.54, 1.807) is 30.6 Å².